The first-order valence-electron chi connectivity index (χ1n) is 5.45. The minimum atomic E-state index is 0.592. The second-order valence-corrected chi connectivity index (χ2v) is 3.25. The molecule has 0 radical (unpaired) electrons. The van der Waals surface area contributed by atoms with Gasteiger partial charge in [0.25, 0.3) is 0 Å². The van der Waals surface area contributed by atoms with E-state index in [1.807, 2.05) is 12.2 Å². The Morgan fingerprint density at radius 2 is 1.33 bits per heavy atom. The minimum absolute atomic E-state index is 0.592. The van der Waals surface area contributed by atoms with Crippen molar-refractivity contribution in [2.75, 3.05) is 39.4 Å². The molecule has 1 heterocycles. The topological polar surface area (TPSA) is 42.5 Å². The molecule has 1 aliphatic heterocycles. The molecule has 1 aliphatic rings. The van der Waals surface area contributed by atoms with E-state index in [1.165, 1.54) is 0 Å². The zero-order chi connectivity index (χ0) is 10.6. The maximum atomic E-state index is 5.21. The van der Waals surface area contributed by atoms with Gasteiger partial charge in [-0.15, -0.1) is 0 Å². The van der Waals surface area contributed by atoms with Gasteiger partial charge in [0.05, 0.1) is 12.5 Å². The summed E-state index contributed by atoms with van der Waals surface area (Å²) in [7, 11) is 0. The van der Waals surface area contributed by atoms with Gasteiger partial charge in [0.2, 0.25) is 0 Å². The fraction of sp³-hybridized carbons (Fsp3) is 0.636. The molecule has 86 valence electrons. The van der Waals surface area contributed by atoms with Gasteiger partial charge >= 0.3 is 0 Å². The average Bonchev–Trinajstić information content (AvgIpc) is 2.27. The van der Waals surface area contributed by atoms with Gasteiger partial charge in [-0.05, 0) is 31.7 Å². The molecule has 0 aromatic heterocycles. The first-order chi connectivity index (χ1) is 7.50. The monoisotopic (exact) mass is 212 g/mol. The molecule has 0 aliphatic carbocycles. The lowest BCUT2D eigenvalue weighted by Crippen LogP contribution is -2.22. The average molecular weight is 212 g/mol. The predicted molar refractivity (Wildman–Crippen MR) is 60.5 cm³/mol. The van der Waals surface area contributed by atoms with E-state index >= 15 is 0 Å². The second kappa shape index (κ2) is 9.55. The third-order valence-corrected chi connectivity index (χ3v) is 1.94. The van der Waals surface area contributed by atoms with Gasteiger partial charge in [-0.1, -0.05) is 0 Å². The van der Waals surface area contributed by atoms with Crippen LogP contribution >= 0.6 is 0 Å². The van der Waals surface area contributed by atoms with Gasteiger partial charge in [-0.3, -0.25) is 0 Å². The highest BCUT2D eigenvalue weighted by atomic mass is 16.5. The fourth-order valence-corrected chi connectivity index (χ4v) is 1.17. The molecule has 15 heavy (non-hydrogen) atoms. The number of hydrogen-bond donors (Lipinski definition) is 2. The Morgan fingerprint density at radius 3 is 1.87 bits per heavy atom. The molecule has 4 nitrogen and oxygen atoms in total. The molecule has 1 rings (SSSR count). The van der Waals surface area contributed by atoms with Crippen molar-refractivity contribution in [1.29, 1.82) is 0 Å². The van der Waals surface area contributed by atoms with Gasteiger partial charge in [-0.2, -0.15) is 0 Å². The van der Waals surface area contributed by atoms with Crippen LogP contribution in [0.3, 0.4) is 0 Å². The van der Waals surface area contributed by atoms with Crippen molar-refractivity contribution in [3.63, 3.8) is 0 Å². The summed E-state index contributed by atoms with van der Waals surface area (Å²) >= 11 is 0. The number of ether oxygens (including phenoxy) is 2. The van der Waals surface area contributed by atoms with Gasteiger partial charge < -0.3 is 20.1 Å². The summed E-state index contributed by atoms with van der Waals surface area (Å²) in [6.07, 6.45) is 8.52. The number of hydrogen-bond acceptors (Lipinski definition) is 4. The van der Waals surface area contributed by atoms with Crippen LogP contribution in [0.1, 0.15) is 6.42 Å². The molecule has 4 heteroatoms. The van der Waals surface area contributed by atoms with Crippen molar-refractivity contribution < 1.29 is 9.47 Å². The maximum Gasteiger partial charge on any atom is 0.121 e. The molecule has 0 unspecified atom stereocenters. The summed E-state index contributed by atoms with van der Waals surface area (Å²) in [4.78, 5) is 0. The van der Waals surface area contributed by atoms with E-state index in [1.54, 1.807) is 12.5 Å². The molecule has 0 saturated carbocycles. The van der Waals surface area contributed by atoms with Crippen LogP contribution in [0.2, 0.25) is 0 Å². The maximum absolute atomic E-state index is 5.21. The Bertz CT molecular complexity index is 173. The lowest BCUT2D eigenvalue weighted by Gasteiger charge is -2.02. The molecule has 0 saturated heterocycles. The summed E-state index contributed by atoms with van der Waals surface area (Å²) in [6, 6.07) is 0. The van der Waals surface area contributed by atoms with Crippen molar-refractivity contribution in [2.45, 2.75) is 6.42 Å². The van der Waals surface area contributed by atoms with Gasteiger partial charge in [0, 0.05) is 13.1 Å². The van der Waals surface area contributed by atoms with E-state index in [2.05, 4.69) is 10.6 Å². The van der Waals surface area contributed by atoms with E-state index < -0.39 is 0 Å². The Kier molecular flexibility index (Phi) is 7.69. The summed E-state index contributed by atoms with van der Waals surface area (Å²) in [5.74, 6) is 0. The van der Waals surface area contributed by atoms with Crippen LogP contribution in [0.15, 0.2) is 24.7 Å². The number of rotatable bonds is 0. The van der Waals surface area contributed by atoms with Crippen molar-refractivity contribution in [3.8, 4) is 0 Å². The van der Waals surface area contributed by atoms with E-state index in [4.69, 9.17) is 9.47 Å². The molecule has 0 aromatic carbocycles. The van der Waals surface area contributed by atoms with Crippen LogP contribution < -0.4 is 10.6 Å². The van der Waals surface area contributed by atoms with E-state index in [0.717, 1.165) is 32.6 Å². The van der Waals surface area contributed by atoms with E-state index in [9.17, 15) is 0 Å². The third kappa shape index (κ3) is 8.03. The molecule has 0 fully saturated rings. The first-order valence-corrected chi connectivity index (χ1v) is 5.45. The van der Waals surface area contributed by atoms with Gasteiger partial charge in [-0.25, -0.2) is 0 Å². The third-order valence-electron chi connectivity index (χ3n) is 1.94. The molecular weight excluding hydrogens is 192 g/mol. The highest BCUT2D eigenvalue weighted by molar-refractivity contribution is 4.78. The number of nitrogens with one attached hydrogen (secondary N) is 2. The Labute approximate surface area is 91.3 Å². The predicted octanol–water partition coefficient (Wildman–Crippen LogP) is 0.630. The first kappa shape index (κ1) is 12.1. The molecular formula is C11H20N2O2. The SMILES string of the molecule is C1=C\OCCO/C=C\CNCCCNC/1. The minimum Gasteiger partial charge on any atom is -0.498 e. The molecule has 0 atom stereocenters. The molecule has 0 amide bonds. The van der Waals surface area contributed by atoms with E-state index in [-0.39, 0.29) is 0 Å². The van der Waals surface area contributed by atoms with Crippen LogP contribution in [0.4, 0.5) is 0 Å². The Morgan fingerprint density at radius 1 is 0.800 bits per heavy atom. The molecule has 2 N–H and O–H groups in total. The van der Waals surface area contributed by atoms with Gasteiger partial charge in [0.1, 0.15) is 13.2 Å². The van der Waals surface area contributed by atoms with Crippen LogP contribution in [0, 0.1) is 0 Å². The fourth-order valence-electron chi connectivity index (χ4n) is 1.17. The summed E-state index contributed by atoms with van der Waals surface area (Å²) in [6.45, 7) is 4.95. The second-order valence-electron chi connectivity index (χ2n) is 3.25. The van der Waals surface area contributed by atoms with E-state index in [0.29, 0.717) is 13.2 Å². The molecule has 0 aromatic rings. The van der Waals surface area contributed by atoms with Crippen molar-refractivity contribution in [2.24, 2.45) is 0 Å². The molecule has 0 spiro atoms. The largest absolute Gasteiger partial charge is 0.498 e. The standard InChI is InChI=1S/C11H20N2O2/c1-4-12-6-2-8-14-10-11-15-9-3-7-13-5-1/h2-3,8-9,12-13H,1,4-7,10-11H2/b8-2-,9-3-. The van der Waals surface area contributed by atoms with Crippen LogP contribution in [-0.4, -0.2) is 39.4 Å². The van der Waals surface area contributed by atoms with Crippen LogP contribution in [0.25, 0.3) is 0 Å². The highest BCUT2D eigenvalue weighted by Crippen LogP contribution is 1.83. The van der Waals surface area contributed by atoms with Crippen LogP contribution in [0.5, 0.6) is 0 Å². The molecule has 0 bridgehead atoms. The van der Waals surface area contributed by atoms with Crippen molar-refractivity contribution >= 4 is 0 Å². The van der Waals surface area contributed by atoms with Gasteiger partial charge in [0.15, 0.2) is 0 Å². The quantitative estimate of drug-likeness (QED) is 0.618. The van der Waals surface area contributed by atoms with Crippen molar-refractivity contribution in [1.82, 2.24) is 10.6 Å². The van der Waals surface area contributed by atoms with Crippen LogP contribution in [-0.2, 0) is 9.47 Å². The zero-order valence-corrected chi connectivity index (χ0v) is 9.08. The van der Waals surface area contributed by atoms with Crippen molar-refractivity contribution in [3.05, 3.63) is 24.7 Å². The lowest BCUT2D eigenvalue weighted by atomic mass is 10.4. The summed E-state index contributed by atoms with van der Waals surface area (Å²) in [5, 5.41) is 6.60. The highest BCUT2D eigenvalue weighted by Gasteiger charge is 1.87. The lowest BCUT2D eigenvalue weighted by molar-refractivity contribution is 0.149. The summed E-state index contributed by atoms with van der Waals surface area (Å²) in [5.41, 5.74) is 0. The zero-order valence-electron chi connectivity index (χ0n) is 9.08. The Balaban J connectivity index is 2.15. The Hall–Kier alpha value is -1.00. The smallest absolute Gasteiger partial charge is 0.121 e. The summed E-state index contributed by atoms with van der Waals surface area (Å²) < 4.78 is 10.4. The normalized spacial score (nSPS) is 25.1.